The van der Waals surface area contributed by atoms with Crippen LogP contribution in [0.5, 0.6) is 0 Å². The molecule has 4 aromatic rings. The van der Waals surface area contributed by atoms with Gasteiger partial charge in [-0.3, -0.25) is 5.32 Å². The van der Waals surface area contributed by atoms with Crippen molar-refractivity contribution in [2.75, 3.05) is 5.32 Å². The number of hydrogen-bond acceptors (Lipinski definition) is 4. The monoisotopic (exact) mass is 325 g/mol. The number of nitrogens with one attached hydrogen (secondary N) is 2. The Bertz CT molecular complexity index is 1070. The van der Waals surface area contributed by atoms with E-state index in [-0.39, 0.29) is 5.82 Å². The second kappa shape index (κ2) is 5.34. The molecule has 0 spiro atoms. The molecule has 0 radical (unpaired) electrons. The lowest BCUT2D eigenvalue weighted by Crippen LogP contribution is -2.09. The number of hydrogen-bond donors (Lipinski definition) is 2. The number of aryl methyl sites for hydroxylation is 1. The van der Waals surface area contributed by atoms with Gasteiger partial charge in [-0.05, 0) is 30.7 Å². The Labute approximate surface area is 135 Å². The molecule has 0 atom stereocenters. The zero-order valence-corrected chi connectivity index (χ0v) is 12.6. The molecule has 2 N–H and O–H groups in total. The highest BCUT2D eigenvalue weighted by atomic mass is 19.3. The van der Waals surface area contributed by atoms with Gasteiger partial charge in [0.2, 0.25) is 0 Å². The van der Waals surface area contributed by atoms with Crippen molar-refractivity contribution in [1.29, 1.82) is 0 Å². The Balaban J connectivity index is 1.78. The number of carbonyl (C=O) groups is 1. The van der Waals surface area contributed by atoms with Gasteiger partial charge in [-0.1, -0.05) is 0 Å². The Morgan fingerprint density at radius 1 is 1.33 bits per heavy atom. The van der Waals surface area contributed by atoms with Gasteiger partial charge in [0.25, 0.3) is 0 Å². The summed E-state index contributed by atoms with van der Waals surface area (Å²) < 4.78 is 13.5. The van der Waals surface area contributed by atoms with Crippen LogP contribution in [-0.2, 0) is 4.94 Å². The first kappa shape index (κ1) is 14.2. The van der Waals surface area contributed by atoms with Crippen molar-refractivity contribution in [3.8, 4) is 11.1 Å². The molecule has 0 fully saturated rings. The van der Waals surface area contributed by atoms with E-state index in [9.17, 15) is 9.32 Å². The molecule has 4 heterocycles. The summed E-state index contributed by atoms with van der Waals surface area (Å²) in [5.74, 6) is 0.200. The zero-order valence-electron chi connectivity index (χ0n) is 12.6. The average Bonchev–Trinajstić information content (AvgIpc) is 3.20. The number of pyridine rings is 2. The standard InChI is InChI=1S/C16H12FN5O2/c1-9-11-4-5-18-15(11)19-6-12(9)10-2-3-14-20-13(8-22(14)7-10)21-16(23)24-17/h2-8H,1H3,(H,18,19)(H,21,23). The fraction of sp³-hybridized carbons (Fsp3) is 0.0625. The first-order chi connectivity index (χ1) is 11.7. The summed E-state index contributed by atoms with van der Waals surface area (Å²) in [5, 5.41) is 3.25. The maximum atomic E-state index is 11.8. The van der Waals surface area contributed by atoms with Crippen LogP contribution in [0.25, 0.3) is 27.8 Å². The van der Waals surface area contributed by atoms with Crippen molar-refractivity contribution in [2.24, 2.45) is 0 Å². The third-order valence-corrected chi connectivity index (χ3v) is 3.92. The summed E-state index contributed by atoms with van der Waals surface area (Å²) in [4.78, 5) is 25.7. The van der Waals surface area contributed by atoms with E-state index >= 15 is 0 Å². The number of aromatic amines is 1. The molecule has 0 aromatic carbocycles. The average molecular weight is 325 g/mol. The largest absolute Gasteiger partial charge is 0.450 e. The second-order valence-corrected chi connectivity index (χ2v) is 5.34. The lowest BCUT2D eigenvalue weighted by molar-refractivity contribution is -0.0544. The molecule has 0 saturated heterocycles. The highest BCUT2D eigenvalue weighted by molar-refractivity contribution is 5.86. The molecule has 0 saturated carbocycles. The smallest absolute Gasteiger partial charge is 0.346 e. The SMILES string of the molecule is Cc1c(-c2ccc3nc(NC(=O)OF)cn3c2)cnc2[nH]ccc12. The first-order valence-corrected chi connectivity index (χ1v) is 7.17. The normalized spacial score (nSPS) is 11.1. The van der Waals surface area contributed by atoms with Crippen LogP contribution in [0.4, 0.5) is 15.1 Å². The molecule has 1 amide bonds. The lowest BCUT2D eigenvalue weighted by atomic mass is 10.0. The van der Waals surface area contributed by atoms with E-state index in [0.29, 0.717) is 5.65 Å². The lowest BCUT2D eigenvalue weighted by Gasteiger charge is -2.07. The van der Waals surface area contributed by atoms with Gasteiger partial charge in [-0.15, -0.1) is 0 Å². The van der Waals surface area contributed by atoms with Crippen LogP contribution in [-0.4, -0.2) is 25.4 Å². The number of fused-ring (bicyclic) bond motifs is 2. The summed E-state index contributed by atoms with van der Waals surface area (Å²) in [6.45, 7) is 2.04. The van der Waals surface area contributed by atoms with E-state index in [1.54, 1.807) is 10.6 Å². The van der Waals surface area contributed by atoms with E-state index in [0.717, 1.165) is 27.7 Å². The molecule has 0 aliphatic carbocycles. The summed E-state index contributed by atoms with van der Waals surface area (Å²) in [6, 6.07) is 5.71. The van der Waals surface area contributed by atoms with Crippen molar-refractivity contribution in [3.63, 3.8) is 0 Å². The van der Waals surface area contributed by atoms with Crippen molar-refractivity contribution >= 4 is 28.6 Å². The van der Waals surface area contributed by atoms with Crippen molar-refractivity contribution in [3.05, 3.63) is 48.5 Å². The van der Waals surface area contributed by atoms with Crippen molar-refractivity contribution in [2.45, 2.75) is 6.92 Å². The van der Waals surface area contributed by atoms with Crippen LogP contribution >= 0.6 is 0 Å². The van der Waals surface area contributed by atoms with Gasteiger partial charge in [0.05, 0.1) is 6.20 Å². The Morgan fingerprint density at radius 3 is 3.04 bits per heavy atom. The summed E-state index contributed by atoms with van der Waals surface area (Å²) >= 11 is 0. The number of anilines is 1. The molecule has 0 aliphatic heterocycles. The van der Waals surface area contributed by atoms with Gasteiger partial charge < -0.3 is 9.38 Å². The highest BCUT2D eigenvalue weighted by Gasteiger charge is 2.11. The third kappa shape index (κ3) is 2.24. The Hall–Kier alpha value is -3.42. The number of amides is 1. The molecule has 4 aromatic heterocycles. The number of halogens is 1. The first-order valence-electron chi connectivity index (χ1n) is 7.17. The fourth-order valence-electron chi connectivity index (χ4n) is 2.77. The van der Waals surface area contributed by atoms with E-state index < -0.39 is 6.09 Å². The molecule has 8 heteroatoms. The predicted octanol–water partition coefficient (Wildman–Crippen LogP) is 3.62. The highest BCUT2D eigenvalue weighted by Crippen LogP contribution is 2.28. The maximum Gasteiger partial charge on any atom is 0.450 e. The van der Waals surface area contributed by atoms with Gasteiger partial charge in [0.1, 0.15) is 11.3 Å². The van der Waals surface area contributed by atoms with Gasteiger partial charge in [0, 0.05) is 39.6 Å². The van der Waals surface area contributed by atoms with Crippen LogP contribution < -0.4 is 5.32 Å². The number of aromatic nitrogens is 4. The third-order valence-electron chi connectivity index (χ3n) is 3.92. The molecule has 7 nitrogen and oxygen atoms in total. The molecule has 4 rings (SSSR count). The van der Waals surface area contributed by atoms with E-state index in [2.05, 4.69) is 25.2 Å². The van der Waals surface area contributed by atoms with Crippen LogP contribution in [0.15, 0.2) is 43.0 Å². The zero-order chi connectivity index (χ0) is 16.7. The molecule has 24 heavy (non-hydrogen) atoms. The minimum atomic E-state index is -1.21. The molecule has 0 bridgehead atoms. The van der Waals surface area contributed by atoms with Gasteiger partial charge in [0.15, 0.2) is 5.82 Å². The van der Waals surface area contributed by atoms with Crippen molar-refractivity contribution in [1.82, 2.24) is 19.4 Å². The predicted molar refractivity (Wildman–Crippen MR) is 86.2 cm³/mol. The van der Waals surface area contributed by atoms with E-state index in [4.69, 9.17) is 0 Å². The summed E-state index contributed by atoms with van der Waals surface area (Å²) in [6.07, 6.45) is 5.91. The van der Waals surface area contributed by atoms with Crippen LogP contribution in [0.1, 0.15) is 5.56 Å². The van der Waals surface area contributed by atoms with Gasteiger partial charge >= 0.3 is 6.09 Å². The Morgan fingerprint density at radius 2 is 2.21 bits per heavy atom. The minimum Gasteiger partial charge on any atom is -0.346 e. The number of imidazole rings is 1. The van der Waals surface area contributed by atoms with E-state index in [1.165, 1.54) is 0 Å². The number of carbonyl (C=O) groups excluding carboxylic acids is 1. The van der Waals surface area contributed by atoms with Gasteiger partial charge in [-0.2, -0.15) is 0 Å². The molecular weight excluding hydrogens is 313 g/mol. The quantitative estimate of drug-likeness (QED) is 0.589. The van der Waals surface area contributed by atoms with Crippen molar-refractivity contribution < 1.29 is 14.3 Å². The summed E-state index contributed by atoms with van der Waals surface area (Å²) in [5.41, 5.74) is 4.51. The molecule has 120 valence electrons. The number of rotatable bonds is 2. The maximum absolute atomic E-state index is 11.8. The fourth-order valence-corrected chi connectivity index (χ4v) is 2.77. The summed E-state index contributed by atoms with van der Waals surface area (Å²) in [7, 11) is 0. The molecular formula is C16H12FN5O2. The van der Waals surface area contributed by atoms with Gasteiger partial charge in [-0.25, -0.2) is 19.7 Å². The van der Waals surface area contributed by atoms with Crippen LogP contribution in [0.3, 0.4) is 0 Å². The topological polar surface area (TPSA) is 84.3 Å². The number of H-pyrrole nitrogens is 1. The van der Waals surface area contributed by atoms with Crippen LogP contribution in [0.2, 0.25) is 0 Å². The molecule has 0 aliphatic rings. The number of nitrogens with zero attached hydrogens (tertiary/aromatic N) is 3. The van der Waals surface area contributed by atoms with E-state index in [1.807, 2.05) is 43.7 Å². The minimum absolute atomic E-state index is 0.200. The molecule has 0 unspecified atom stereocenters. The second-order valence-electron chi connectivity index (χ2n) is 5.34. The Kier molecular flexibility index (Phi) is 3.16. The van der Waals surface area contributed by atoms with Crippen LogP contribution in [0, 0.1) is 6.92 Å².